The maximum absolute atomic E-state index is 13.1. The number of hydrogen-bond acceptors (Lipinski definition) is 3. The standard InChI is InChI=1S/C12H10FN3S/c1-2-16-7-14-15-12(16)11-5-8-3-4-9(13)6-10(8)17-11/h3-7H,2H2,1H3. The molecule has 0 amide bonds. The van der Waals surface area contributed by atoms with E-state index in [1.807, 2.05) is 17.6 Å². The monoisotopic (exact) mass is 247 g/mol. The maximum atomic E-state index is 13.1. The Morgan fingerprint density at radius 3 is 3.06 bits per heavy atom. The fraction of sp³-hybridized carbons (Fsp3) is 0.167. The van der Waals surface area contributed by atoms with Crippen molar-refractivity contribution in [2.75, 3.05) is 0 Å². The molecule has 0 unspecified atom stereocenters. The molecule has 0 aliphatic heterocycles. The molecule has 0 spiro atoms. The second-order valence-corrected chi connectivity index (χ2v) is 4.82. The molecule has 2 aromatic heterocycles. The van der Waals surface area contributed by atoms with E-state index in [0.717, 1.165) is 27.3 Å². The zero-order valence-electron chi connectivity index (χ0n) is 9.22. The summed E-state index contributed by atoms with van der Waals surface area (Å²) in [7, 11) is 0. The van der Waals surface area contributed by atoms with Gasteiger partial charge >= 0.3 is 0 Å². The van der Waals surface area contributed by atoms with E-state index in [4.69, 9.17) is 0 Å². The average Bonchev–Trinajstić information content (AvgIpc) is 2.93. The van der Waals surface area contributed by atoms with Gasteiger partial charge in [0.05, 0.1) is 4.88 Å². The molecule has 2 heterocycles. The Bertz CT molecular complexity index is 671. The van der Waals surface area contributed by atoms with Crippen LogP contribution in [-0.4, -0.2) is 14.8 Å². The lowest BCUT2D eigenvalue weighted by Gasteiger charge is -1.98. The minimum atomic E-state index is -0.206. The van der Waals surface area contributed by atoms with Crippen molar-refractivity contribution in [3.8, 4) is 10.7 Å². The van der Waals surface area contributed by atoms with E-state index >= 15 is 0 Å². The van der Waals surface area contributed by atoms with E-state index in [1.54, 1.807) is 18.5 Å². The topological polar surface area (TPSA) is 30.7 Å². The van der Waals surface area contributed by atoms with Gasteiger partial charge in [0.2, 0.25) is 0 Å². The van der Waals surface area contributed by atoms with Crippen molar-refractivity contribution in [2.24, 2.45) is 0 Å². The number of thiophene rings is 1. The normalized spacial score (nSPS) is 11.2. The minimum Gasteiger partial charge on any atom is -0.313 e. The molecular weight excluding hydrogens is 237 g/mol. The van der Waals surface area contributed by atoms with Gasteiger partial charge in [-0.3, -0.25) is 0 Å². The highest BCUT2D eigenvalue weighted by molar-refractivity contribution is 7.22. The summed E-state index contributed by atoms with van der Waals surface area (Å²) in [5, 5.41) is 9.05. The van der Waals surface area contributed by atoms with Crippen molar-refractivity contribution in [3.63, 3.8) is 0 Å². The quantitative estimate of drug-likeness (QED) is 0.695. The molecule has 86 valence electrons. The molecule has 0 atom stereocenters. The molecule has 3 rings (SSSR count). The number of halogens is 1. The van der Waals surface area contributed by atoms with Crippen LogP contribution in [0.1, 0.15) is 6.92 Å². The van der Waals surface area contributed by atoms with E-state index < -0.39 is 0 Å². The first-order valence-electron chi connectivity index (χ1n) is 5.35. The lowest BCUT2D eigenvalue weighted by Crippen LogP contribution is -1.93. The van der Waals surface area contributed by atoms with Crippen LogP contribution in [0.15, 0.2) is 30.6 Å². The molecule has 0 aliphatic rings. The Morgan fingerprint density at radius 1 is 1.35 bits per heavy atom. The van der Waals surface area contributed by atoms with Gasteiger partial charge in [-0.05, 0) is 30.5 Å². The minimum absolute atomic E-state index is 0.206. The first-order chi connectivity index (χ1) is 8.28. The van der Waals surface area contributed by atoms with Crippen molar-refractivity contribution in [1.29, 1.82) is 0 Å². The molecule has 3 nitrogen and oxygen atoms in total. The Hall–Kier alpha value is -1.75. The molecule has 1 aromatic carbocycles. The Balaban J connectivity index is 2.18. The maximum Gasteiger partial charge on any atom is 0.173 e. The summed E-state index contributed by atoms with van der Waals surface area (Å²) < 4.78 is 16.0. The molecule has 0 saturated heterocycles. The number of nitrogens with zero attached hydrogens (tertiary/aromatic N) is 3. The molecule has 17 heavy (non-hydrogen) atoms. The second-order valence-electron chi connectivity index (χ2n) is 3.73. The van der Waals surface area contributed by atoms with Crippen LogP contribution in [0, 0.1) is 5.82 Å². The van der Waals surface area contributed by atoms with E-state index in [-0.39, 0.29) is 5.82 Å². The van der Waals surface area contributed by atoms with Gasteiger partial charge in [0.25, 0.3) is 0 Å². The summed E-state index contributed by atoms with van der Waals surface area (Å²) in [4.78, 5) is 1.02. The molecule has 3 aromatic rings. The van der Waals surface area contributed by atoms with Gasteiger partial charge in [0.15, 0.2) is 5.82 Å². The predicted molar refractivity (Wildman–Crippen MR) is 66.5 cm³/mol. The first-order valence-corrected chi connectivity index (χ1v) is 6.17. The first kappa shape index (κ1) is 10.4. The van der Waals surface area contributed by atoms with E-state index in [9.17, 15) is 4.39 Å². The summed E-state index contributed by atoms with van der Waals surface area (Å²) in [6, 6.07) is 6.84. The highest BCUT2D eigenvalue weighted by Crippen LogP contribution is 2.32. The van der Waals surface area contributed by atoms with Crippen molar-refractivity contribution >= 4 is 21.4 Å². The zero-order valence-corrected chi connectivity index (χ0v) is 10.0. The third kappa shape index (κ3) is 1.72. The highest BCUT2D eigenvalue weighted by atomic mass is 32.1. The Labute approximate surface area is 102 Å². The van der Waals surface area contributed by atoms with Crippen LogP contribution in [0.4, 0.5) is 4.39 Å². The van der Waals surface area contributed by atoms with Crippen molar-refractivity contribution in [2.45, 2.75) is 13.5 Å². The van der Waals surface area contributed by atoms with Gasteiger partial charge < -0.3 is 4.57 Å². The lowest BCUT2D eigenvalue weighted by molar-refractivity contribution is 0.630. The fourth-order valence-corrected chi connectivity index (χ4v) is 2.88. The predicted octanol–water partition coefficient (Wildman–Crippen LogP) is 3.32. The molecular formula is C12H10FN3S. The van der Waals surface area contributed by atoms with Crippen LogP contribution in [0.2, 0.25) is 0 Å². The molecule has 0 saturated carbocycles. The molecule has 0 bridgehead atoms. The third-order valence-electron chi connectivity index (χ3n) is 2.66. The van der Waals surface area contributed by atoms with Crippen molar-refractivity contribution in [1.82, 2.24) is 14.8 Å². The smallest absolute Gasteiger partial charge is 0.173 e. The van der Waals surface area contributed by atoms with Crippen molar-refractivity contribution in [3.05, 3.63) is 36.4 Å². The second kappa shape index (κ2) is 3.92. The van der Waals surface area contributed by atoms with Gasteiger partial charge in [0, 0.05) is 11.2 Å². The number of aromatic nitrogens is 3. The fourth-order valence-electron chi connectivity index (χ4n) is 1.79. The largest absolute Gasteiger partial charge is 0.313 e. The Morgan fingerprint density at radius 2 is 2.24 bits per heavy atom. The van der Waals surface area contributed by atoms with Crippen LogP contribution < -0.4 is 0 Å². The van der Waals surface area contributed by atoms with Gasteiger partial charge in [-0.1, -0.05) is 6.07 Å². The van der Waals surface area contributed by atoms with Gasteiger partial charge in [-0.15, -0.1) is 21.5 Å². The van der Waals surface area contributed by atoms with Crippen LogP contribution in [0.5, 0.6) is 0 Å². The van der Waals surface area contributed by atoms with E-state index in [0.29, 0.717) is 0 Å². The van der Waals surface area contributed by atoms with Crippen LogP contribution in [-0.2, 0) is 6.54 Å². The van der Waals surface area contributed by atoms with Crippen LogP contribution >= 0.6 is 11.3 Å². The van der Waals surface area contributed by atoms with E-state index in [2.05, 4.69) is 10.2 Å². The SMILES string of the molecule is CCn1cnnc1-c1cc2ccc(F)cc2s1. The van der Waals surface area contributed by atoms with E-state index in [1.165, 1.54) is 17.4 Å². The third-order valence-corrected chi connectivity index (χ3v) is 3.75. The molecule has 0 N–H and O–H groups in total. The summed E-state index contributed by atoms with van der Waals surface area (Å²) >= 11 is 1.54. The number of hydrogen-bond donors (Lipinski definition) is 0. The number of fused-ring (bicyclic) bond motifs is 1. The number of benzene rings is 1. The summed E-state index contributed by atoms with van der Waals surface area (Å²) in [5.41, 5.74) is 0. The average molecular weight is 247 g/mol. The summed E-state index contributed by atoms with van der Waals surface area (Å²) in [6.45, 7) is 2.87. The van der Waals surface area contributed by atoms with Gasteiger partial charge in [-0.2, -0.15) is 0 Å². The van der Waals surface area contributed by atoms with Crippen molar-refractivity contribution < 1.29 is 4.39 Å². The number of aryl methyl sites for hydroxylation is 1. The lowest BCUT2D eigenvalue weighted by atomic mass is 10.2. The highest BCUT2D eigenvalue weighted by Gasteiger charge is 2.10. The van der Waals surface area contributed by atoms with Crippen LogP contribution in [0.3, 0.4) is 0 Å². The number of rotatable bonds is 2. The Kier molecular flexibility index (Phi) is 2.40. The van der Waals surface area contributed by atoms with Gasteiger partial charge in [0.1, 0.15) is 12.1 Å². The zero-order chi connectivity index (χ0) is 11.8. The molecule has 5 heteroatoms. The summed E-state index contributed by atoms with van der Waals surface area (Å²) in [6.07, 6.45) is 1.71. The summed E-state index contributed by atoms with van der Waals surface area (Å²) in [5.74, 6) is 0.636. The molecule has 0 aliphatic carbocycles. The molecule has 0 fully saturated rings. The van der Waals surface area contributed by atoms with Crippen LogP contribution in [0.25, 0.3) is 20.8 Å². The molecule has 0 radical (unpaired) electrons. The van der Waals surface area contributed by atoms with Gasteiger partial charge in [-0.25, -0.2) is 4.39 Å².